The van der Waals surface area contributed by atoms with Gasteiger partial charge in [0, 0.05) is 0 Å². The molecule has 1 rings (SSSR count). The number of hydrogen-bond acceptors (Lipinski definition) is 2. The Hall–Kier alpha value is -0.0300. The van der Waals surface area contributed by atoms with E-state index in [0.717, 1.165) is 12.3 Å². The lowest BCUT2D eigenvalue weighted by Crippen LogP contribution is -2.10. The van der Waals surface area contributed by atoms with Crippen molar-refractivity contribution in [3.05, 3.63) is 21.7 Å². The smallest absolute Gasteiger partial charge is 0.131 e. The first-order valence-electron chi connectivity index (χ1n) is 3.07. The highest BCUT2D eigenvalue weighted by atomic mass is 127. The maximum atomic E-state index is 5.23. The summed E-state index contributed by atoms with van der Waals surface area (Å²) in [6.07, 6.45) is 1.72. The molecule has 0 aliphatic heterocycles. The molecule has 0 fully saturated rings. The minimum absolute atomic E-state index is 0.880. The van der Waals surface area contributed by atoms with Crippen LogP contribution in [0.3, 0.4) is 0 Å². The van der Waals surface area contributed by atoms with Crippen molar-refractivity contribution >= 4 is 22.6 Å². The van der Waals surface area contributed by atoms with Crippen LogP contribution in [0.1, 0.15) is 5.76 Å². The molecule has 0 spiro atoms. The third-order valence-electron chi connectivity index (χ3n) is 1.15. The topological polar surface area (TPSA) is 16.4 Å². The summed E-state index contributed by atoms with van der Waals surface area (Å²) in [5, 5.41) is 0. The van der Waals surface area contributed by atoms with Crippen LogP contribution in [0.4, 0.5) is 0 Å². The zero-order valence-electron chi connectivity index (χ0n) is 6.10. The van der Waals surface area contributed by atoms with E-state index in [1.807, 2.05) is 20.2 Å². The quantitative estimate of drug-likeness (QED) is 0.747. The van der Waals surface area contributed by atoms with E-state index in [9.17, 15) is 0 Å². The average Bonchev–Trinajstić information content (AvgIpc) is 2.15. The lowest BCUT2D eigenvalue weighted by molar-refractivity contribution is 0.349. The Morgan fingerprint density at radius 1 is 1.60 bits per heavy atom. The van der Waals surface area contributed by atoms with Gasteiger partial charge in [-0.25, -0.2) is 0 Å². The summed E-state index contributed by atoms with van der Waals surface area (Å²) < 4.78 is 6.43. The second kappa shape index (κ2) is 3.39. The summed E-state index contributed by atoms with van der Waals surface area (Å²) in [6.45, 7) is 0.880. The van der Waals surface area contributed by atoms with Crippen molar-refractivity contribution in [3.63, 3.8) is 0 Å². The molecule has 1 aromatic heterocycles. The molecule has 0 aliphatic carbocycles. The molecule has 56 valence electrons. The summed E-state index contributed by atoms with van der Waals surface area (Å²) in [6, 6.07) is 1.97. The van der Waals surface area contributed by atoms with Gasteiger partial charge in [0.25, 0.3) is 0 Å². The number of nitrogens with zero attached hydrogens (tertiary/aromatic N) is 1. The van der Waals surface area contributed by atoms with Gasteiger partial charge >= 0.3 is 0 Å². The molecule has 3 heteroatoms. The highest BCUT2D eigenvalue weighted by molar-refractivity contribution is 14.1. The summed E-state index contributed by atoms with van der Waals surface area (Å²) in [7, 11) is 4.05. The molecule has 0 N–H and O–H groups in total. The maximum Gasteiger partial charge on any atom is 0.131 e. The first-order chi connectivity index (χ1) is 4.70. The molecule has 0 bridgehead atoms. The summed E-state index contributed by atoms with van der Waals surface area (Å²) >= 11 is 2.27. The minimum Gasteiger partial charge on any atom is -0.467 e. The number of hydrogen-bond donors (Lipinski definition) is 0. The van der Waals surface area contributed by atoms with Crippen molar-refractivity contribution in [1.29, 1.82) is 0 Å². The van der Waals surface area contributed by atoms with E-state index in [1.54, 1.807) is 6.26 Å². The lowest BCUT2D eigenvalue weighted by Gasteiger charge is -2.05. The lowest BCUT2D eigenvalue weighted by atomic mass is 10.4. The van der Waals surface area contributed by atoms with Gasteiger partial charge < -0.3 is 9.32 Å². The molecule has 1 aromatic rings. The fraction of sp³-hybridized carbons (Fsp3) is 0.429. The largest absolute Gasteiger partial charge is 0.467 e. The van der Waals surface area contributed by atoms with Crippen molar-refractivity contribution in [1.82, 2.24) is 4.90 Å². The van der Waals surface area contributed by atoms with Gasteiger partial charge in [0.1, 0.15) is 5.76 Å². The Labute approximate surface area is 74.3 Å². The second-order valence-electron chi connectivity index (χ2n) is 2.43. The first kappa shape index (κ1) is 8.07. The molecule has 2 nitrogen and oxygen atoms in total. The van der Waals surface area contributed by atoms with E-state index < -0.39 is 0 Å². The van der Waals surface area contributed by atoms with E-state index in [4.69, 9.17) is 4.42 Å². The molecule has 10 heavy (non-hydrogen) atoms. The molecule has 0 aromatic carbocycles. The Morgan fingerprint density at radius 3 is 2.70 bits per heavy atom. The van der Waals surface area contributed by atoms with E-state index in [1.165, 1.54) is 3.57 Å². The minimum atomic E-state index is 0.880. The van der Waals surface area contributed by atoms with Crippen LogP contribution in [0.2, 0.25) is 0 Å². The zero-order valence-corrected chi connectivity index (χ0v) is 8.25. The van der Waals surface area contributed by atoms with Gasteiger partial charge in [-0.2, -0.15) is 0 Å². The maximum absolute atomic E-state index is 5.23. The van der Waals surface area contributed by atoms with Crippen molar-refractivity contribution in [2.45, 2.75) is 6.54 Å². The van der Waals surface area contributed by atoms with Crippen molar-refractivity contribution in [2.24, 2.45) is 0 Å². The zero-order chi connectivity index (χ0) is 7.56. The van der Waals surface area contributed by atoms with Crippen LogP contribution >= 0.6 is 22.6 Å². The summed E-state index contributed by atoms with van der Waals surface area (Å²) in [5.74, 6) is 1.05. The summed E-state index contributed by atoms with van der Waals surface area (Å²) in [5.41, 5.74) is 0. The molecule has 0 saturated heterocycles. The summed E-state index contributed by atoms with van der Waals surface area (Å²) in [4.78, 5) is 2.08. The van der Waals surface area contributed by atoms with Crippen LogP contribution in [-0.2, 0) is 6.54 Å². The third kappa shape index (κ3) is 1.98. The van der Waals surface area contributed by atoms with Gasteiger partial charge in [-0.3, -0.25) is 0 Å². The molecule has 0 radical (unpaired) electrons. The Bertz CT molecular complexity index is 207. The van der Waals surface area contributed by atoms with Gasteiger partial charge in [-0.1, -0.05) is 0 Å². The van der Waals surface area contributed by atoms with Gasteiger partial charge in [0.2, 0.25) is 0 Å². The molecular formula is C7H10INO. The van der Waals surface area contributed by atoms with Crippen LogP contribution in [0.15, 0.2) is 16.7 Å². The highest BCUT2D eigenvalue weighted by Crippen LogP contribution is 2.13. The van der Waals surface area contributed by atoms with Gasteiger partial charge in [0.15, 0.2) is 0 Å². The van der Waals surface area contributed by atoms with E-state index in [0.29, 0.717) is 0 Å². The highest BCUT2D eigenvalue weighted by Gasteiger charge is 2.02. The van der Waals surface area contributed by atoms with Gasteiger partial charge in [-0.05, 0) is 42.8 Å². The fourth-order valence-electron chi connectivity index (χ4n) is 0.725. The van der Waals surface area contributed by atoms with E-state index in [-0.39, 0.29) is 0 Å². The fourth-order valence-corrected chi connectivity index (χ4v) is 1.17. The van der Waals surface area contributed by atoms with E-state index in [2.05, 4.69) is 27.5 Å². The van der Waals surface area contributed by atoms with Crippen LogP contribution in [0.5, 0.6) is 0 Å². The Morgan fingerprint density at radius 2 is 2.30 bits per heavy atom. The van der Waals surface area contributed by atoms with Crippen molar-refractivity contribution in [3.8, 4) is 0 Å². The molecule has 0 saturated carbocycles. The normalized spacial score (nSPS) is 10.8. The third-order valence-corrected chi connectivity index (χ3v) is 2.11. The average molecular weight is 251 g/mol. The number of halogens is 1. The molecular weight excluding hydrogens is 241 g/mol. The standard InChI is InChI=1S/C7H10INO/c1-9(2)5-7-6(8)3-4-10-7/h3-4H,5H2,1-2H3. The predicted octanol–water partition coefficient (Wildman–Crippen LogP) is 1.95. The first-order valence-corrected chi connectivity index (χ1v) is 4.14. The molecule has 0 unspecified atom stereocenters. The predicted molar refractivity (Wildman–Crippen MR) is 48.8 cm³/mol. The van der Waals surface area contributed by atoms with Gasteiger partial charge in [0.05, 0.1) is 16.4 Å². The van der Waals surface area contributed by atoms with Gasteiger partial charge in [-0.15, -0.1) is 0 Å². The van der Waals surface area contributed by atoms with Crippen molar-refractivity contribution < 1.29 is 4.42 Å². The SMILES string of the molecule is CN(C)Cc1occc1I. The molecule has 1 heterocycles. The van der Waals surface area contributed by atoms with Crippen LogP contribution < -0.4 is 0 Å². The number of rotatable bonds is 2. The second-order valence-corrected chi connectivity index (χ2v) is 3.59. The van der Waals surface area contributed by atoms with Crippen LogP contribution in [0, 0.1) is 3.57 Å². The molecule has 0 amide bonds. The number of furan rings is 1. The van der Waals surface area contributed by atoms with Crippen molar-refractivity contribution in [2.75, 3.05) is 14.1 Å². The Balaban J connectivity index is 2.65. The molecule has 0 atom stereocenters. The van der Waals surface area contributed by atoms with E-state index >= 15 is 0 Å². The molecule has 0 aliphatic rings. The van der Waals surface area contributed by atoms with Crippen LogP contribution in [-0.4, -0.2) is 19.0 Å². The Kier molecular flexibility index (Phi) is 2.73. The van der Waals surface area contributed by atoms with Crippen LogP contribution in [0.25, 0.3) is 0 Å². The monoisotopic (exact) mass is 251 g/mol.